The lowest BCUT2D eigenvalue weighted by molar-refractivity contribution is -0.156. The number of carbonyl (C=O) groups excluding carboxylic acids is 1. The highest BCUT2D eigenvalue weighted by molar-refractivity contribution is 9.08. The Labute approximate surface area is 259 Å². The summed E-state index contributed by atoms with van der Waals surface area (Å²) in [5.74, 6) is -1.51. The summed E-state index contributed by atoms with van der Waals surface area (Å²) in [6.45, 7) is 3.89. The summed E-state index contributed by atoms with van der Waals surface area (Å²) >= 11 is 9.10. The first-order valence-electron chi connectivity index (χ1n) is 12.9. The van der Waals surface area contributed by atoms with Crippen molar-refractivity contribution in [2.75, 3.05) is 13.0 Å². The number of halogens is 3. The summed E-state index contributed by atoms with van der Waals surface area (Å²) < 4.78 is 37.7. The zero-order valence-electron chi connectivity index (χ0n) is 23.5. The van der Waals surface area contributed by atoms with E-state index < -0.39 is 30.6 Å². The minimum atomic E-state index is -1.50. The van der Waals surface area contributed by atoms with E-state index in [1.54, 1.807) is 49.0 Å². The summed E-state index contributed by atoms with van der Waals surface area (Å²) in [6.07, 6.45) is -1.32. The van der Waals surface area contributed by atoms with Gasteiger partial charge in [-0.1, -0.05) is 58.6 Å². The van der Waals surface area contributed by atoms with Gasteiger partial charge in [-0.05, 0) is 43.2 Å². The molecule has 2 N–H and O–H groups in total. The monoisotopic (exact) mass is 683 g/mol. The molecule has 0 aliphatic rings. The molecule has 0 bridgehead atoms. The number of alkyl halides is 1. The molecule has 0 aliphatic carbocycles. The number of aliphatic hydroxyl groups excluding tert-OH is 1. The van der Waals surface area contributed by atoms with Gasteiger partial charge in [-0.25, -0.2) is 18.8 Å². The van der Waals surface area contributed by atoms with E-state index in [4.69, 9.17) is 25.2 Å². The van der Waals surface area contributed by atoms with Gasteiger partial charge in [-0.2, -0.15) is 0 Å². The zero-order valence-corrected chi connectivity index (χ0v) is 25.8. The first-order valence-corrected chi connectivity index (χ1v) is 14.4. The lowest BCUT2D eigenvalue weighted by Crippen LogP contribution is -2.41. The molecule has 11 nitrogen and oxygen atoms in total. The van der Waals surface area contributed by atoms with Crippen LogP contribution in [-0.2, 0) is 28.0 Å². The third-order valence-corrected chi connectivity index (χ3v) is 6.71. The van der Waals surface area contributed by atoms with E-state index in [-0.39, 0.29) is 36.9 Å². The van der Waals surface area contributed by atoms with Crippen LogP contribution in [0.1, 0.15) is 28.6 Å². The van der Waals surface area contributed by atoms with Crippen molar-refractivity contribution in [2.24, 2.45) is 0 Å². The predicted octanol–water partition coefficient (Wildman–Crippen LogP) is 4.50. The molecule has 0 unspecified atom stereocenters. The molecule has 230 valence electrons. The second-order valence-corrected chi connectivity index (χ2v) is 10.5. The summed E-state index contributed by atoms with van der Waals surface area (Å²) in [4.78, 5) is 35.3. The average molecular weight is 685 g/mol. The van der Waals surface area contributed by atoms with Gasteiger partial charge < -0.3 is 37.4 Å². The van der Waals surface area contributed by atoms with Gasteiger partial charge in [0.1, 0.15) is 11.6 Å². The van der Waals surface area contributed by atoms with Gasteiger partial charge >= 0.3 is 17.6 Å². The maximum Gasteiger partial charge on any atom is 0.519 e. The summed E-state index contributed by atoms with van der Waals surface area (Å²) in [5, 5.41) is 21.1. The molecule has 2 heterocycles. The molecule has 0 fully saturated rings. The lowest BCUT2D eigenvalue weighted by atomic mass is 9.71. The van der Waals surface area contributed by atoms with Crippen molar-refractivity contribution in [3.8, 4) is 11.1 Å². The van der Waals surface area contributed by atoms with Crippen LogP contribution in [-0.4, -0.2) is 47.0 Å². The van der Waals surface area contributed by atoms with Crippen molar-refractivity contribution in [2.45, 2.75) is 45.3 Å². The molecular formula is C28H29BBrClFNO10. The van der Waals surface area contributed by atoms with Crippen LogP contribution in [0.25, 0.3) is 11.1 Å². The number of carbonyl (C=O) groups is 1. The molecular weight excluding hydrogens is 655 g/mol. The second-order valence-electron chi connectivity index (χ2n) is 9.49. The summed E-state index contributed by atoms with van der Waals surface area (Å²) in [5.41, 5.74) is 1.85. The van der Waals surface area contributed by atoms with Crippen molar-refractivity contribution in [3.05, 3.63) is 103 Å². The van der Waals surface area contributed by atoms with Crippen molar-refractivity contribution >= 4 is 40.4 Å². The fourth-order valence-corrected chi connectivity index (χ4v) is 4.58. The van der Waals surface area contributed by atoms with Crippen LogP contribution in [0.4, 0.5) is 4.39 Å². The highest BCUT2D eigenvalue weighted by Crippen LogP contribution is 2.26. The molecule has 2 aromatic heterocycles. The van der Waals surface area contributed by atoms with E-state index in [9.17, 15) is 28.9 Å². The van der Waals surface area contributed by atoms with E-state index in [1.807, 2.05) is 0 Å². The standard InChI is InChI=1S/C23H24BClFNO7.C5H5BrO3/c1-14-21(34-23(30)33-14)12-32-22(29)20(28)11-27(13-24(2)31)10-15-3-5-16(6-4-15)18-9-17(25)7-8-19(18)26;1-3-4(2-6)9-5(7)8-3/h3-9,20,28,31H,10-13H2,1-2H3;2H2,1H3/t20-;/m1./s1. The van der Waals surface area contributed by atoms with Gasteiger partial charge in [0.15, 0.2) is 30.0 Å². The number of aryl methyl sites for hydroxylation is 2. The minimum Gasteiger partial charge on any atom is -0.455 e. The molecule has 0 spiro atoms. The minimum absolute atomic E-state index is 0.0580. The van der Waals surface area contributed by atoms with E-state index >= 15 is 0 Å². The van der Waals surface area contributed by atoms with Gasteiger partial charge in [0.2, 0.25) is 0 Å². The molecule has 0 radical (unpaired) electrons. The maximum absolute atomic E-state index is 14.1. The Hall–Kier alpha value is -3.43. The normalized spacial score (nSPS) is 11.7. The number of rotatable bonds is 11. The van der Waals surface area contributed by atoms with Crippen LogP contribution < -0.4 is 11.6 Å². The molecule has 1 atom stereocenters. The smallest absolute Gasteiger partial charge is 0.455 e. The molecule has 4 aromatic rings. The number of benzene rings is 2. The van der Waals surface area contributed by atoms with Crippen LogP contribution >= 0.6 is 27.5 Å². The largest absolute Gasteiger partial charge is 0.519 e. The number of ether oxygens (including phenoxy) is 1. The van der Waals surface area contributed by atoms with Crippen molar-refractivity contribution < 1.29 is 41.7 Å². The Morgan fingerprint density at radius 1 is 1.05 bits per heavy atom. The average Bonchev–Trinajstić information content (AvgIpc) is 3.46. The Balaban J connectivity index is 0.000000480. The SMILES string of the molecule is CB(O)CN(Cc1ccc(-c2cc(Cl)ccc2F)cc1)C[C@@H](O)C(=O)OCc1oc(=O)oc1C.Cc1oc(=O)oc1CBr. The zero-order chi connectivity index (χ0) is 31.7. The number of hydrogen-bond acceptors (Lipinski definition) is 11. The Kier molecular flexibility index (Phi) is 12.6. The van der Waals surface area contributed by atoms with E-state index in [0.29, 0.717) is 39.5 Å². The van der Waals surface area contributed by atoms with Crippen molar-refractivity contribution in [1.29, 1.82) is 0 Å². The van der Waals surface area contributed by atoms with Gasteiger partial charge in [0, 0.05) is 30.1 Å². The first-order chi connectivity index (χ1) is 20.4. The van der Waals surface area contributed by atoms with Gasteiger partial charge in [-0.3, -0.25) is 0 Å². The molecule has 0 saturated heterocycles. The van der Waals surface area contributed by atoms with Crippen LogP contribution in [0.3, 0.4) is 0 Å². The number of nitrogens with zero attached hydrogens (tertiary/aromatic N) is 1. The Morgan fingerprint density at radius 2 is 1.65 bits per heavy atom. The molecule has 0 aliphatic heterocycles. The molecule has 43 heavy (non-hydrogen) atoms. The van der Waals surface area contributed by atoms with Gasteiger partial charge in [0.05, 0.1) is 5.33 Å². The van der Waals surface area contributed by atoms with Crippen molar-refractivity contribution in [3.63, 3.8) is 0 Å². The quantitative estimate of drug-likeness (QED) is 0.130. The van der Waals surface area contributed by atoms with Crippen LogP contribution in [0, 0.1) is 19.7 Å². The third kappa shape index (κ3) is 10.4. The number of esters is 1. The first kappa shape index (κ1) is 34.1. The topological polar surface area (TPSA) is 157 Å². The molecule has 4 rings (SSSR count). The summed E-state index contributed by atoms with van der Waals surface area (Å²) in [7, 11) is 0. The molecule has 2 aromatic carbocycles. The van der Waals surface area contributed by atoms with Gasteiger partial charge in [0.25, 0.3) is 6.92 Å². The predicted molar refractivity (Wildman–Crippen MR) is 158 cm³/mol. The third-order valence-electron chi connectivity index (χ3n) is 5.96. The fourth-order valence-electron chi connectivity index (χ4n) is 3.90. The Bertz CT molecular complexity index is 1610. The molecule has 0 amide bonds. The highest BCUT2D eigenvalue weighted by atomic mass is 79.9. The Morgan fingerprint density at radius 3 is 2.16 bits per heavy atom. The fraction of sp³-hybridized carbons (Fsp3) is 0.321. The number of hydrogen-bond donors (Lipinski definition) is 2. The van der Waals surface area contributed by atoms with Crippen molar-refractivity contribution in [1.82, 2.24) is 4.90 Å². The summed E-state index contributed by atoms with van der Waals surface area (Å²) in [6, 6.07) is 11.4. The molecule has 0 saturated carbocycles. The van der Waals surface area contributed by atoms with E-state index in [0.717, 1.165) is 5.56 Å². The second kappa shape index (κ2) is 15.9. The van der Waals surface area contributed by atoms with Crippen LogP contribution in [0.15, 0.2) is 69.7 Å². The maximum atomic E-state index is 14.1. The highest BCUT2D eigenvalue weighted by Gasteiger charge is 2.23. The lowest BCUT2D eigenvalue weighted by Gasteiger charge is -2.25. The number of aliphatic hydroxyl groups is 1. The van der Waals surface area contributed by atoms with Crippen LogP contribution in [0.2, 0.25) is 11.8 Å². The van der Waals surface area contributed by atoms with E-state index in [2.05, 4.69) is 24.8 Å². The van der Waals surface area contributed by atoms with Crippen LogP contribution in [0.5, 0.6) is 0 Å². The molecule has 15 heteroatoms. The van der Waals surface area contributed by atoms with E-state index in [1.165, 1.54) is 19.1 Å². The van der Waals surface area contributed by atoms with Gasteiger partial charge in [-0.15, -0.1) is 0 Å².